The predicted molar refractivity (Wildman–Crippen MR) is 98.7 cm³/mol. The lowest BCUT2D eigenvalue weighted by atomic mass is 10.1. The number of halogens is 4. The number of aromatic nitrogens is 2. The standard InChI is InChI=1S/C18H21F3N4O.ClH/c1-2-22-8-9-23-17(26)15-11-24-25(16(15)12-6-7-12)14-5-3-4-13(10-14)18(19,20)21;/h3-5,10-12,22H,2,6-9H2,1H3,(H,23,26);1H. The molecule has 1 amide bonds. The second-order valence-electron chi connectivity index (χ2n) is 6.29. The molecule has 2 aromatic rings. The fourth-order valence-corrected chi connectivity index (χ4v) is 2.84. The number of benzene rings is 1. The van der Waals surface area contributed by atoms with E-state index in [4.69, 9.17) is 0 Å². The van der Waals surface area contributed by atoms with Gasteiger partial charge in [0.15, 0.2) is 0 Å². The molecule has 1 aromatic carbocycles. The molecule has 0 bridgehead atoms. The van der Waals surface area contributed by atoms with Crippen LogP contribution in [-0.2, 0) is 6.18 Å². The van der Waals surface area contributed by atoms with Gasteiger partial charge in [-0.1, -0.05) is 13.0 Å². The first-order chi connectivity index (χ1) is 12.4. The second-order valence-corrected chi connectivity index (χ2v) is 6.29. The van der Waals surface area contributed by atoms with E-state index in [1.165, 1.54) is 16.9 Å². The lowest BCUT2D eigenvalue weighted by molar-refractivity contribution is -0.137. The van der Waals surface area contributed by atoms with Crippen LogP contribution in [0.2, 0.25) is 0 Å². The molecule has 0 spiro atoms. The van der Waals surface area contributed by atoms with Crippen molar-refractivity contribution in [3.8, 4) is 5.69 Å². The number of likely N-dealkylation sites (N-methyl/N-ethyl adjacent to an activating group) is 1. The van der Waals surface area contributed by atoms with E-state index >= 15 is 0 Å². The zero-order valence-corrected chi connectivity index (χ0v) is 15.7. The van der Waals surface area contributed by atoms with Gasteiger partial charge in [0, 0.05) is 19.0 Å². The van der Waals surface area contributed by atoms with E-state index in [0.29, 0.717) is 30.0 Å². The zero-order valence-electron chi connectivity index (χ0n) is 14.8. The van der Waals surface area contributed by atoms with E-state index in [-0.39, 0.29) is 24.2 Å². The van der Waals surface area contributed by atoms with E-state index in [1.807, 2.05) is 6.92 Å². The summed E-state index contributed by atoms with van der Waals surface area (Å²) in [7, 11) is 0. The van der Waals surface area contributed by atoms with Crippen molar-refractivity contribution in [1.29, 1.82) is 0 Å². The molecule has 1 fully saturated rings. The highest BCUT2D eigenvalue weighted by molar-refractivity contribution is 5.95. The Morgan fingerprint density at radius 3 is 2.67 bits per heavy atom. The van der Waals surface area contributed by atoms with Gasteiger partial charge in [0.05, 0.1) is 28.7 Å². The van der Waals surface area contributed by atoms with Gasteiger partial charge in [-0.3, -0.25) is 4.79 Å². The van der Waals surface area contributed by atoms with Gasteiger partial charge < -0.3 is 10.6 Å². The highest BCUT2D eigenvalue weighted by Crippen LogP contribution is 2.42. The third kappa shape index (κ3) is 5.01. The normalized spacial score (nSPS) is 13.9. The molecule has 27 heavy (non-hydrogen) atoms. The van der Waals surface area contributed by atoms with E-state index < -0.39 is 11.7 Å². The third-order valence-corrected chi connectivity index (χ3v) is 4.27. The molecule has 0 saturated heterocycles. The minimum atomic E-state index is -4.42. The van der Waals surface area contributed by atoms with Crippen molar-refractivity contribution >= 4 is 18.3 Å². The van der Waals surface area contributed by atoms with Crippen molar-refractivity contribution in [2.24, 2.45) is 0 Å². The van der Waals surface area contributed by atoms with Crippen molar-refractivity contribution in [3.63, 3.8) is 0 Å². The summed E-state index contributed by atoms with van der Waals surface area (Å²) in [5, 5.41) is 10.1. The van der Waals surface area contributed by atoms with Crippen LogP contribution in [0.4, 0.5) is 13.2 Å². The number of hydrogen-bond donors (Lipinski definition) is 2. The van der Waals surface area contributed by atoms with Crippen LogP contribution in [-0.4, -0.2) is 35.3 Å². The highest BCUT2D eigenvalue weighted by atomic mass is 35.5. The molecule has 0 unspecified atom stereocenters. The molecule has 1 aliphatic carbocycles. The Morgan fingerprint density at radius 2 is 2.04 bits per heavy atom. The van der Waals surface area contributed by atoms with Crippen LogP contribution < -0.4 is 10.6 Å². The van der Waals surface area contributed by atoms with Gasteiger partial charge in [-0.2, -0.15) is 18.3 Å². The molecular weight excluding hydrogens is 381 g/mol. The molecule has 148 valence electrons. The number of carbonyl (C=O) groups excluding carboxylic acids is 1. The fourth-order valence-electron chi connectivity index (χ4n) is 2.84. The Morgan fingerprint density at radius 1 is 1.30 bits per heavy atom. The summed E-state index contributed by atoms with van der Waals surface area (Å²) in [6, 6.07) is 5.01. The van der Waals surface area contributed by atoms with Gasteiger partial charge in [0.25, 0.3) is 5.91 Å². The van der Waals surface area contributed by atoms with Gasteiger partial charge in [-0.25, -0.2) is 4.68 Å². The predicted octanol–water partition coefficient (Wildman–Crippen LogP) is 3.53. The SMILES string of the molecule is CCNCCNC(=O)c1cnn(-c2cccc(C(F)(F)F)c2)c1C1CC1.Cl. The van der Waals surface area contributed by atoms with Crippen molar-refractivity contribution < 1.29 is 18.0 Å². The van der Waals surface area contributed by atoms with E-state index in [2.05, 4.69) is 15.7 Å². The van der Waals surface area contributed by atoms with Crippen LogP contribution in [0.1, 0.15) is 47.3 Å². The highest BCUT2D eigenvalue weighted by Gasteiger charge is 2.34. The molecule has 3 rings (SSSR count). The maximum atomic E-state index is 13.0. The summed E-state index contributed by atoms with van der Waals surface area (Å²) in [5.74, 6) is -0.0930. The van der Waals surface area contributed by atoms with Crippen molar-refractivity contribution in [2.75, 3.05) is 19.6 Å². The molecule has 1 saturated carbocycles. The molecule has 1 aliphatic rings. The average molecular weight is 403 g/mol. The van der Waals surface area contributed by atoms with Crippen LogP contribution in [0, 0.1) is 0 Å². The lowest BCUT2D eigenvalue weighted by Gasteiger charge is -2.12. The first-order valence-electron chi connectivity index (χ1n) is 8.66. The van der Waals surface area contributed by atoms with Crippen LogP contribution in [0.5, 0.6) is 0 Å². The maximum absolute atomic E-state index is 13.0. The molecule has 0 atom stereocenters. The van der Waals surface area contributed by atoms with E-state index in [0.717, 1.165) is 31.5 Å². The number of rotatable bonds is 7. The number of nitrogens with zero attached hydrogens (tertiary/aromatic N) is 2. The van der Waals surface area contributed by atoms with E-state index in [9.17, 15) is 18.0 Å². The lowest BCUT2D eigenvalue weighted by Crippen LogP contribution is -2.32. The summed E-state index contributed by atoms with van der Waals surface area (Å²) < 4.78 is 40.4. The molecule has 5 nitrogen and oxygen atoms in total. The maximum Gasteiger partial charge on any atom is 0.416 e. The first kappa shape index (κ1) is 21.2. The molecule has 1 aromatic heterocycles. The summed E-state index contributed by atoms with van der Waals surface area (Å²) in [5.41, 5.74) is 0.698. The molecule has 2 N–H and O–H groups in total. The molecular formula is C18H22ClF3N4O. The molecule has 0 aliphatic heterocycles. The van der Waals surface area contributed by atoms with Crippen LogP contribution in [0.3, 0.4) is 0 Å². The Labute approximate surface area is 161 Å². The smallest absolute Gasteiger partial charge is 0.351 e. The van der Waals surface area contributed by atoms with Gasteiger partial charge in [0.2, 0.25) is 0 Å². The Kier molecular flexibility index (Phi) is 6.89. The summed E-state index contributed by atoms with van der Waals surface area (Å²) in [6.07, 6.45) is -1.17. The van der Waals surface area contributed by atoms with Crippen LogP contribution in [0.15, 0.2) is 30.5 Å². The largest absolute Gasteiger partial charge is 0.416 e. The second kappa shape index (κ2) is 8.75. The monoisotopic (exact) mass is 402 g/mol. The summed E-state index contributed by atoms with van der Waals surface area (Å²) >= 11 is 0. The van der Waals surface area contributed by atoms with Gasteiger partial charge >= 0.3 is 6.18 Å². The topological polar surface area (TPSA) is 58.9 Å². The number of amides is 1. The first-order valence-corrected chi connectivity index (χ1v) is 8.66. The quantitative estimate of drug-likeness (QED) is 0.696. The van der Waals surface area contributed by atoms with Crippen molar-refractivity contribution in [1.82, 2.24) is 20.4 Å². The summed E-state index contributed by atoms with van der Waals surface area (Å²) in [4.78, 5) is 12.5. The number of hydrogen-bond acceptors (Lipinski definition) is 3. The average Bonchev–Trinajstić information content (AvgIpc) is 3.36. The zero-order chi connectivity index (χ0) is 18.7. The number of alkyl halides is 3. The van der Waals surface area contributed by atoms with Gasteiger partial charge in [0.1, 0.15) is 0 Å². The Balaban J connectivity index is 0.00000261. The Hall–Kier alpha value is -2.06. The van der Waals surface area contributed by atoms with Crippen molar-refractivity contribution in [2.45, 2.75) is 31.9 Å². The van der Waals surface area contributed by atoms with Crippen LogP contribution in [0.25, 0.3) is 5.69 Å². The fraction of sp³-hybridized carbons (Fsp3) is 0.444. The molecule has 9 heteroatoms. The Bertz CT molecular complexity index is 787. The third-order valence-electron chi connectivity index (χ3n) is 4.27. The minimum Gasteiger partial charge on any atom is -0.351 e. The van der Waals surface area contributed by atoms with Crippen LogP contribution >= 0.6 is 12.4 Å². The van der Waals surface area contributed by atoms with E-state index in [1.54, 1.807) is 6.07 Å². The number of carbonyl (C=O) groups is 1. The minimum absolute atomic E-state index is 0. The molecule has 0 radical (unpaired) electrons. The summed E-state index contributed by atoms with van der Waals surface area (Å²) in [6.45, 7) is 3.93. The number of nitrogens with one attached hydrogen (secondary N) is 2. The van der Waals surface area contributed by atoms with Crippen molar-refractivity contribution in [3.05, 3.63) is 47.3 Å². The molecule has 1 heterocycles. The van der Waals surface area contributed by atoms with Gasteiger partial charge in [-0.05, 0) is 37.6 Å². The van der Waals surface area contributed by atoms with Gasteiger partial charge in [-0.15, -0.1) is 12.4 Å².